The van der Waals surface area contributed by atoms with Gasteiger partial charge < -0.3 is 14.8 Å². The molecule has 1 aliphatic carbocycles. The van der Waals surface area contributed by atoms with Crippen molar-refractivity contribution in [1.29, 1.82) is 0 Å². The number of piperidine rings is 1. The molecular weight excluding hydrogens is 286 g/mol. The van der Waals surface area contributed by atoms with Gasteiger partial charge in [-0.3, -0.25) is 9.36 Å². The lowest BCUT2D eigenvalue weighted by atomic mass is 10.3. The molecule has 3 aromatic heterocycles. The summed E-state index contributed by atoms with van der Waals surface area (Å²) in [5.74, 6) is 2.86. The van der Waals surface area contributed by atoms with Crippen molar-refractivity contribution in [1.82, 2.24) is 35.0 Å². The quantitative estimate of drug-likeness (QED) is 0.669. The minimum Gasteiger partial charge on any atom is -0.339 e. The summed E-state index contributed by atoms with van der Waals surface area (Å²) in [6.45, 7) is 2.27. The molecule has 1 saturated carbocycles. The Labute approximate surface area is 123 Å². The predicted octanol–water partition coefficient (Wildman–Crippen LogP) is -0.516. The molecule has 22 heavy (non-hydrogen) atoms. The number of nitrogens with one attached hydrogen (secondary N) is 2. The molecule has 2 N–H and O–H groups in total. The van der Waals surface area contributed by atoms with Crippen molar-refractivity contribution in [2.24, 2.45) is 11.8 Å². The minimum absolute atomic E-state index is 0.199. The van der Waals surface area contributed by atoms with Crippen LogP contribution in [-0.2, 0) is 6.54 Å². The van der Waals surface area contributed by atoms with Crippen molar-refractivity contribution in [2.75, 3.05) is 13.1 Å². The van der Waals surface area contributed by atoms with Crippen LogP contribution in [0.1, 0.15) is 17.6 Å². The van der Waals surface area contributed by atoms with Gasteiger partial charge in [0.05, 0.1) is 6.33 Å². The van der Waals surface area contributed by atoms with E-state index in [-0.39, 0.29) is 12.1 Å². The molecule has 0 bridgehead atoms. The molecule has 2 fully saturated rings. The average molecular weight is 299 g/mol. The molecule has 1 saturated heterocycles. The van der Waals surface area contributed by atoms with Gasteiger partial charge in [0.15, 0.2) is 17.0 Å². The predicted molar refractivity (Wildman–Crippen MR) is 74.1 cm³/mol. The molecule has 9 heteroatoms. The lowest BCUT2D eigenvalue weighted by Crippen LogP contribution is -2.21. The van der Waals surface area contributed by atoms with E-state index < -0.39 is 0 Å². The van der Waals surface area contributed by atoms with Crippen LogP contribution >= 0.6 is 0 Å². The standard InChI is InChI=1S/C13H13N7O2/c21-13-10-12(16-4-15-10)17-5-20(13)3-8-18-11(19-22-8)9-6-1-14-2-7(6)9/h4-7,9,14H,1-3H2,(H,15,16)/t6-,7+,9?. The Morgan fingerprint density at radius 2 is 2.18 bits per heavy atom. The number of H-pyrrole nitrogens is 1. The van der Waals surface area contributed by atoms with Crippen molar-refractivity contribution < 1.29 is 4.52 Å². The maximum absolute atomic E-state index is 12.3. The number of aromatic amines is 1. The van der Waals surface area contributed by atoms with Crippen LogP contribution in [0, 0.1) is 11.8 Å². The highest BCUT2D eigenvalue weighted by Crippen LogP contribution is 2.54. The number of nitrogens with zero attached hydrogens (tertiary/aromatic N) is 5. The summed E-state index contributed by atoms with van der Waals surface area (Å²) >= 11 is 0. The summed E-state index contributed by atoms with van der Waals surface area (Å²) < 4.78 is 6.73. The van der Waals surface area contributed by atoms with Gasteiger partial charge in [0.1, 0.15) is 12.9 Å². The first-order valence-corrected chi connectivity index (χ1v) is 7.23. The van der Waals surface area contributed by atoms with E-state index in [1.54, 1.807) is 0 Å². The Hall–Kier alpha value is -2.55. The first-order valence-electron chi connectivity index (χ1n) is 7.23. The lowest BCUT2D eigenvalue weighted by molar-refractivity contribution is 0.363. The molecule has 0 spiro atoms. The summed E-state index contributed by atoms with van der Waals surface area (Å²) in [6.07, 6.45) is 2.90. The second-order valence-electron chi connectivity index (χ2n) is 5.84. The zero-order chi connectivity index (χ0) is 14.7. The molecule has 5 rings (SSSR count). The number of aromatic nitrogens is 6. The van der Waals surface area contributed by atoms with Gasteiger partial charge >= 0.3 is 0 Å². The Bertz CT molecular complexity index is 900. The van der Waals surface area contributed by atoms with Gasteiger partial charge in [0.25, 0.3) is 5.56 Å². The van der Waals surface area contributed by atoms with Gasteiger partial charge in [0, 0.05) is 5.92 Å². The number of imidazole rings is 1. The molecular formula is C13H13N7O2. The lowest BCUT2D eigenvalue weighted by Gasteiger charge is -2.00. The molecule has 0 amide bonds. The maximum atomic E-state index is 12.3. The number of rotatable bonds is 3. The Balaban J connectivity index is 1.42. The van der Waals surface area contributed by atoms with Gasteiger partial charge in [-0.05, 0) is 24.9 Å². The molecule has 1 unspecified atom stereocenters. The van der Waals surface area contributed by atoms with E-state index in [1.807, 2.05) is 0 Å². The van der Waals surface area contributed by atoms with Crippen molar-refractivity contribution in [2.45, 2.75) is 12.5 Å². The van der Waals surface area contributed by atoms with Crippen LogP contribution in [-0.4, -0.2) is 42.7 Å². The maximum Gasteiger partial charge on any atom is 0.279 e. The number of fused-ring (bicyclic) bond motifs is 2. The van der Waals surface area contributed by atoms with Crippen LogP contribution in [0.25, 0.3) is 11.2 Å². The fraction of sp³-hybridized carbons (Fsp3) is 0.462. The second-order valence-corrected chi connectivity index (χ2v) is 5.84. The zero-order valence-electron chi connectivity index (χ0n) is 11.6. The van der Waals surface area contributed by atoms with E-state index >= 15 is 0 Å². The van der Waals surface area contributed by atoms with E-state index in [0.29, 0.717) is 34.8 Å². The smallest absolute Gasteiger partial charge is 0.279 e. The molecule has 2 aliphatic rings. The molecule has 1 aliphatic heterocycles. The topological polar surface area (TPSA) is 115 Å². The summed E-state index contributed by atoms with van der Waals surface area (Å²) in [5.41, 5.74) is 0.588. The van der Waals surface area contributed by atoms with Gasteiger partial charge in [-0.2, -0.15) is 4.98 Å². The van der Waals surface area contributed by atoms with E-state index in [0.717, 1.165) is 18.9 Å². The van der Waals surface area contributed by atoms with Crippen LogP contribution in [0.4, 0.5) is 0 Å². The first-order chi connectivity index (χ1) is 10.8. The van der Waals surface area contributed by atoms with E-state index in [4.69, 9.17) is 4.52 Å². The SMILES string of the molecule is O=c1c2[nH]cnc2ncn1Cc1nc(C2[C@H]3CNC[C@@H]23)no1. The van der Waals surface area contributed by atoms with E-state index in [1.165, 1.54) is 17.2 Å². The fourth-order valence-corrected chi connectivity index (χ4v) is 3.39. The third-order valence-electron chi connectivity index (χ3n) is 4.59. The summed E-state index contributed by atoms with van der Waals surface area (Å²) in [7, 11) is 0. The molecule has 0 aromatic carbocycles. The summed E-state index contributed by atoms with van der Waals surface area (Å²) in [5, 5.41) is 7.41. The monoisotopic (exact) mass is 299 g/mol. The molecule has 112 valence electrons. The van der Waals surface area contributed by atoms with E-state index in [9.17, 15) is 4.79 Å². The zero-order valence-corrected chi connectivity index (χ0v) is 11.6. The van der Waals surface area contributed by atoms with Crippen LogP contribution in [0.3, 0.4) is 0 Å². The molecule has 0 radical (unpaired) electrons. The molecule has 3 atom stereocenters. The van der Waals surface area contributed by atoms with E-state index in [2.05, 4.69) is 30.4 Å². The second kappa shape index (κ2) is 4.23. The number of hydrogen-bond donors (Lipinski definition) is 2. The average Bonchev–Trinajstić information content (AvgIpc) is 3.04. The van der Waals surface area contributed by atoms with Crippen LogP contribution in [0.5, 0.6) is 0 Å². The highest BCUT2D eigenvalue weighted by atomic mass is 16.5. The molecule has 9 nitrogen and oxygen atoms in total. The minimum atomic E-state index is -0.199. The Morgan fingerprint density at radius 1 is 1.32 bits per heavy atom. The van der Waals surface area contributed by atoms with Crippen molar-refractivity contribution in [3.8, 4) is 0 Å². The van der Waals surface area contributed by atoms with Crippen molar-refractivity contribution in [3.63, 3.8) is 0 Å². The van der Waals surface area contributed by atoms with Gasteiger partial charge in [-0.1, -0.05) is 5.16 Å². The Morgan fingerprint density at radius 3 is 3.05 bits per heavy atom. The van der Waals surface area contributed by atoms with Gasteiger partial charge in [-0.15, -0.1) is 0 Å². The summed E-state index contributed by atoms with van der Waals surface area (Å²) in [4.78, 5) is 27.6. The molecule has 4 heterocycles. The third kappa shape index (κ3) is 1.65. The van der Waals surface area contributed by atoms with Crippen LogP contribution in [0.2, 0.25) is 0 Å². The summed E-state index contributed by atoms with van der Waals surface area (Å²) in [6, 6.07) is 0. The van der Waals surface area contributed by atoms with Crippen molar-refractivity contribution in [3.05, 3.63) is 34.7 Å². The van der Waals surface area contributed by atoms with Gasteiger partial charge in [0.2, 0.25) is 5.89 Å². The van der Waals surface area contributed by atoms with Gasteiger partial charge in [-0.25, -0.2) is 9.97 Å². The first kappa shape index (κ1) is 12.0. The van der Waals surface area contributed by atoms with Crippen molar-refractivity contribution >= 4 is 11.2 Å². The largest absolute Gasteiger partial charge is 0.339 e. The normalized spacial score (nSPS) is 26.5. The molecule has 3 aromatic rings. The van der Waals surface area contributed by atoms with Crippen LogP contribution in [0.15, 0.2) is 22.0 Å². The highest BCUT2D eigenvalue weighted by molar-refractivity contribution is 5.67. The fourth-order valence-electron chi connectivity index (χ4n) is 3.39. The Kier molecular flexibility index (Phi) is 2.31. The number of hydrogen-bond acceptors (Lipinski definition) is 7. The third-order valence-corrected chi connectivity index (χ3v) is 4.59. The van der Waals surface area contributed by atoms with Crippen LogP contribution < -0.4 is 10.9 Å². The highest BCUT2D eigenvalue weighted by Gasteiger charge is 2.55.